The van der Waals surface area contributed by atoms with E-state index in [9.17, 15) is 13.2 Å². The highest BCUT2D eigenvalue weighted by Crippen LogP contribution is 2.23. The lowest BCUT2D eigenvalue weighted by molar-refractivity contribution is 0.0549. The molecule has 1 aromatic carbocycles. The van der Waals surface area contributed by atoms with Crippen LogP contribution >= 0.6 is 0 Å². The van der Waals surface area contributed by atoms with E-state index in [4.69, 9.17) is 9.47 Å². The number of guanidine groups is 1. The van der Waals surface area contributed by atoms with Crippen molar-refractivity contribution in [3.05, 3.63) is 55.1 Å². The molecule has 0 aromatic heterocycles. The lowest BCUT2D eigenvalue weighted by Gasteiger charge is -2.24. The number of rotatable bonds is 5. The van der Waals surface area contributed by atoms with Crippen molar-refractivity contribution >= 4 is 22.0 Å². The van der Waals surface area contributed by atoms with E-state index in [2.05, 4.69) is 27.9 Å². The van der Waals surface area contributed by atoms with Gasteiger partial charge in [-0.2, -0.15) is 0 Å². The van der Waals surface area contributed by atoms with Gasteiger partial charge in [0.2, 0.25) is 5.96 Å². The zero-order valence-corrected chi connectivity index (χ0v) is 15.0. The third-order valence-electron chi connectivity index (χ3n) is 3.23. The first-order valence-electron chi connectivity index (χ1n) is 7.33. The van der Waals surface area contributed by atoms with Crippen molar-refractivity contribution in [2.75, 3.05) is 7.11 Å². The van der Waals surface area contributed by atoms with Gasteiger partial charge in [-0.15, -0.1) is 0 Å². The Labute approximate surface area is 151 Å². The molecular formula is C16H18N4O5S. The predicted octanol–water partition coefficient (Wildman–Crippen LogP) is 1.19. The largest absolute Gasteiger partial charge is 0.455 e. The maximum absolute atomic E-state index is 12.5. The minimum absolute atomic E-state index is 0.0203. The van der Waals surface area contributed by atoms with Gasteiger partial charge in [0.05, 0.1) is 0 Å². The highest BCUT2D eigenvalue weighted by molar-refractivity contribution is 7.90. The third-order valence-corrected chi connectivity index (χ3v) is 4.60. The topological polar surface area (TPSA) is 118 Å². The Kier molecular flexibility index (Phi) is 5.83. The third kappa shape index (κ3) is 4.73. The molecule has 0 saturated heterocycles. The summed E-state index contributed by atoms with van der Waals surface area (Å²) >= 11 is 0. The molecule has 0 fully saturated rings. The molecule has 26 heavy (non-hydrogen) atoms. The number of para-hydroxylation sites is 1. The number of nitrogens with zero attached hydrogens (tertiary/aromatic N) is 1. The second-order valence-corrected chi connectivity index (χ2v) is 6.79. The van der Waals surface area contributed by atoms with Gasteiger partial charge in [0, 0.05) is 13.3 Å². The highest BCUT2D eigenvalue weighted by Gasteiger charge is 2.25. The quantitative estimate of drug-likeness (QED) is 0.523. The number of methoxy groups -OCH3 is 1. The van der Waals surface area contributed by atoms with E-state index in [1.165, 1.54) is 31.5 Å². The molecule has 1 aliphatic rings. The Hall–Kier alpha value is -3.07. The fourth-order valence-electron chi connectivity index (χ4n) is 1.93. The molecule has 3 N–H and O–H groups in total. The molecule has 10 heteroatoms. The van der Waals surface area contributed by atoms with Gasteiger partial charge >= 0.3 is 6.03 Å². The average Bonchev–Trinajstić information content (AvgIpc) is 2.59. The maximum Gasteiger partial charge on any atom is 0.335 e. The summed E-state index contributed by atoms with van der Waals surface area (Å²) in [5.41, 5.74) is 1.40. The molecule has 1 aliphatic heterocycles. The molecule has 1 unspecified atom stereocenters. The molecule has 138 valence electrons. The zero-order chi connectivity index (χ0) is 19.2. The molecule has 0 radical (unpaired) electrons. The summed E-state index contributed by atoms with van der Waals surface area (Å²) < 4.78 is 37.1. The molecule has 0 bridgehead atoms. The molecule has 9 nitrogen and oxygen atoms in total. The maximum atomic E-state index is 12.5. The van der Waals surface area contributed by atoms with Crippen molar-refractivity contribution in [2.24, 2.45) is 4.99 Å². The number of carbonyl (C=O) groups is 1. The van der Waals surface area contributed by atoms with Crippen molar-refractivity contribution in [3.63, 3.8) is 0 Å². The fourth-order valence-corrected chi connectivity index (χ4v) is 2.97. The standard InChI is InChI=1S/C16H18N4O5S/c1-4-11-25-12-7-5-6-8-13(12)26(22,23)20-15(21)18-14-17-10-9-16(2,19-14)24-3/h5-11H,1H2,2-3H3,(H3,17,18,19,20,21). The summed E-state index contributed by atoms with van der Waals surface area (Å²) in [6.45, 7) is 5.00. The van der Waals surface area contributed by atoms with Gasteiger partial charge in [-0.3, -0.25) is 5.32 Å². The lowest BCUT2D eigenvalue weighted by atomic mass is 10.2. The van der Waals surface area contributed by atoms with Crippen LogP contribution in [-0.2, 0) is 14.8 Å². The van der Waals surface area contributed by atoms with Crippen LogP contribution in [0.2, 0.25) is 0 Å². The average molecular weight is 378 g/mol. The molecule has 1 heterocycles. The van der Waals surface area contributed by atoms with Crippen molar-refractivity contribution in [3.8, 4) is 5.75 Å². The Morgan fingerprint density at radius 2 is 2.15 bits per heavy atom. The number of sulfonamides is 1. The van der Waals surface area contributed by atoms with Crippen LogP contribution in [0.25, 0.3) is 0 Å². The van der Waals surface area contributed by atoms with Crippen LogP contribution in [0, 0.1) is 0 Å². The number of urea groups is 1. The summed E-state index contributed by atoms with van der Waals surface area (Å²) in [5, 5.41) is 4.99. The molecular weight excluding hydrogens is 360 g/mol. The Morgan fingerprint density at radius 1 is 1.42 bits per heavy atom. The molecule has 2 amide bonds. The van der Waals surface area contributed by atoms with Crippen molar-refractivity contribution < 1.29 is 22.7 Å². The number of hydrogen-bond acceptors (Lipinski definition) is 7. The first-order valence-corrected chi connectivity index (χ1v) is 8.81. The van der Waals surface area contributed by atoms with Crippen molar-refractivity contribution in [1.82, 2.24) is 15.4 Å². The second kappa shape index (κ2) is 7.87. The van der Waals surface area contributed by atoms with Crippen LogP contribution in [0.15, 0.2) is 65.0 Å². The van der Waals surface area contributed by atoms with E-state index in [-0.39, 0.29) is 16.6 Å². The lowest BCUT2D eigenvalue weighted by Crippen LogP contribution is -2.49. The number of hydrogen-bond donors (Lipinski definition) is 3. The van der Waals surface area contributed by atoms with Crippen molar-refractivity contribution in [1.29, 1.82) is 0 Å². The smallest absolute Gasteiger partial charge is 0.335 e. The van der Waals surface area contributed by atoms with E-state index in [0.29, 0.717) is 0 Å². The van der Waals surface area contributed by atoms with Gasteiger partial charge < -0.3 is 14.8 Å². The van der Waals surface area contributed by atoms with Gasteiger partial charge in [0.1, 0.15) is 16.9 Å². The van der Waals surface area contributed by atoms with Crippen LogP contribution in [0.4, 0.5) is 4.79 Å². The highest BCUT2D eigenvalue weighted by atomic mass is 32.2. The number of carbonyl (C=O) groups excluding carboxylic acids is 1. The van der Waals surface area contributed by atoms with Gasteiger partial charge in [-0.25, -0.2) is 22.9 Å². The minimum atomic E-state index is -4.19. The van der Waals surface area contributed by atoms with Crippen LogP contribution in [0.3, 0.4) is 0 Å². The predicted molar refractivity (Wildman–Crippen MR) is 94.8 cm³/mol. The fraction of sp³-hybridized carbons (Fsp3) is 0.188. The Morgan fingerprint density at radius 3 is 2.85 bits per heavy atom. The van der Waals surface area contributed by atoms with E-state index in [0.717, 1.165) is 6.26 Å². The second-order valence-electron chi connectivity index (χ2n) is 5.14. The summed E-state index contributed by atoms with van der Waals surface area (Å²) in [7, 11) is -2.74. The molecule has 1 aromatic rings. The normalized spacial score (nSPS) is 18.8. The van der Waals surface area contributed by atoms with E-state index >= 15 is 0 Å². The Bertz CT molecular complexity index is 903. The van der Waals surface area contributed by atoms with E-state index in [1.54, 1.807) is 19.1 Å². The van der Waals surface area contributed by atoms with Gasteiger partial charge in [0.25, 0.3) is 10.0 Å². The molecule has 0 spiro atoms. The summed E-state index contributed by atoms with van der Waals surface area (Å²) in [6.07, 6.45) is 4.26. The van der Waals surface area contributed by atoms with E-state index in [1.807, 2.05) is 4.72 Å². The zero-order valence-electron chi connectivity index (χ0n) is 14.1. The number of amides is 2. The van der Waals surface area contributed by atoms with Crippen LogP contribution in [0.1, 0.15) is 6.92 Å². The SMILES string of the molecule is C=C=COc1ccccc1S(=O)(=O)NC(=O)NC1=NC(C)(OC)C=CN1. The van der Waals surface area contributed by atoms with Crippen LogP contribution < -0.4 is 20.1 Å². The monoisotopic (exact) mass is 378 g/mol. The Balaban J connectivity index is 2.15. The van der Waals surface area contributed by atoms with Gasteiger partial charge in [0.15, 0.2) is 5.72 Å². The van der Waals surface area contributed by atoms with Crippen LogP contribution in [0.5, 0.6) is 5.75 Å². The van der Waals surface area contributed by atoms with Crippen molar-refractivity contribution in [2.45, 2.75) is 17.5 Å². The summed E-state index contributed by atoms with van der Waals surface area (Å²) in [4.78, 5) is 16.0. The van der Waals surface area contributed by atoms with Gasteiger partial charge in [-0.05, 0) is 25.1 Å². The van der Waals surface area contributed by atoms with Gasteiger partial charge in [-0.1, -0.05) is 24.4 Å². The number of benzene rings is 1. The summed E-state index contributed by atoms with van der Waals surface area (Å²) in [6, 6.07) is 4.81. The molecule has 0 saturated carbocycles. The number of ether oxygens (including phenoxy) is 2. The molecule has 0 aliphatic carbocycles. The van der Waals surface area contributed by atoms with Crippen LogP contribution in [-0.4, -0.2) is 33.2 Å². The summed E-state index contributed by atoms with van der Waals surface area (Å²) in [5.74, 6) is 0.0515. The van der Waals surface area contributed by atoms with E-state index < -0.39 is 21.8 Å². The number of aliphatic imine (C=N–C) groups is 1. The first-order chi connectivity index (χ1) is 12.3. The number of nitrogens with one attached hydrogen (secondary N) is 3. The molecule has 1 atom stereocenters. The molecule has 2 rings (SSSR count). The first kappa shape index (κ1) is 19.3. The minimum Gasteiger partial charge on any atom is -0.455 e.